The van der Waals surface area contributed by atoms with Gasteiger partial charge in [-0.05, 0) is 43.4 Å². The molecule has 1 aliphatic carbocycles. The molecule has 124 valence electrons. The summed E-state index contributed by atoms with van der Waals surface area (Å²) in [6.07, 6.45) is 9.49. The quantitative estimate of drug-likeness (QED) is 0.906. The molecule has 0 saturated heterocycles. The highest BCUT2D eigenvalue weighted by Crippen LogP contribution is 2.33. The van der Waals surface area contributed by atoms with Gasteiger partial charge in [0.15, 0.2) is 0 Å². The second-order valence-electron chi connectivity index (χ2n) is 6.09. The number of sulfonamides is 1. The molecule has 0 spiro atoms. The van der Waals surface area contributed by atoms with E-state index < -0.39 is 10.0 Å². The van der Waals surface area contributed by atoms with Gasteiger partial charge >= 0.3 is 0 Å². The van der Waals surface area contributed by atoms with E-state index in [0.717, 1.165) is 0 Å². The zero-order valence-corrected chi connectivity index (χ0v) is 14.2. The van der Waals surface area contributed by atoms with Crippen LogP contribution in [0, 0.1) is 0 Å². The van der Waals surface area contributed by atoms with Crippen molar-refractivity contribution in [2.75, 3.05) is 4.72 Å². The molecule has 0 radical (unpaired) electrons. The second-order valence-corrected chi connectivity index (χ2v) is 7.78. The van der Waals surface area contributed by atoms with E-state index in [1.54, 1.807) is 23.0 Å². The van der Waals surface area contributed by atoms with E-state index in [2.05, 4.69) is 9.82 Å². The molecule has 1 heterocycles. The van der Waals surface area contributed by atoms with Gasteiger partial charge in [0.1, 0.15) is 0 Å². The third kappa shape index (κ3) is 3.75. The molecule has 3 rings (SSSR count). The van der Waals surface area contributed by atoms with Gasteiger partial charge < -0.3 is 0 Å². The lowest BCUT2D eigenvalue weighted by Crippen LogP contribution is -2.13. The molecule has 1 saturated carbocycles. The molecule has 0 amide bonds. The fourth-order valence-electron chi connectivity index (χ4n) is 3.16. The minimum Gasteiger partial charge on any atom is -0.276 e. The zero-order valence-electron chi connectivity index (χ0n) is 13.4. The van der Waals surface area contributed by atoms with Crippen LogP contribution in [0.5, 0.6) is 0 Å². The van der Waals surface area contributed by atoms with Crippen molar-refractivity contribution in [3.05, 3.63) is 42.2 Å². The molecule has 1 fully saturated rings. The number of nitrogens with one attached hydrogen (secondary N) is 1. The predicted octanol–water partition coefficient (Wildman–Crippen LogP) is 3.75. The Labute approximate surface area is 137 Å². The van der Waals surface area contributed by atoms with Crippen molar-refractivity contribution in [1.82, 2.24) is 9.78 Å². The first-order valence-electron chi connectivity index (χ1n) is 8.24. The van der Waals surface area contributed by atoms with Crippen LogP contribution in [-0.4, -0.2) is 18.2 Å². The molecule has 0 bridgehead atoms. The van der Waals surface area contributed by atoms with Crippen molar-refractivity contribution in [2.45, 2.75) is 56.4 Å². The van der Waals surface area contributed by atoms with E-state index in [1.807, 2.05) is 19.1 Å². The van der Waals surface area contributed by atoms with Gasteiger partial charge in [-0.1, -0.05) is 31.4 Å². The minimum absolute atomic E-state index is 0.293. The van der Waals surface area contributed by atoms with Gasteiger partial charge in [-0.25, -0.2) is 8.42 Å². The van der Waals surface area contributed by atoms with Gasteiger partial charge in [-0.2, -0.15) is 5.10 Å². The van der Waals surface area contributed by atoms with Crippen LogP contribution in [0.15, 0.2) is 41.6 Å². The number of benzene rings is 1. The fraction of sp³-hybridized carbons (Fsp3) is 0.471. The van der Waals surface area contributed by atoms with Gasteiger partial charge in [-0.15, -0.1) is 0 Å². The lowest BCUT2D eigenvalue weighted by atomic mass is 9.84. The number of hydrogen-bond acceptors (Lipinski definition) is 3. The maximum absolute atomic E-state index is 12.4. The number of nitrogens with zero attached hydrogens (tertiary/aromatic N) is 2. The maximum Gasteiger partial charge on any atom is 0.261 e. The third-order valence-corrected chi connectivity index (χ3v) is 5.87. The summed E-state index contributed by atoms with van der Waals surface area (Å²) in [6.45, 7) is 2.66. The first-order valence-corrected chi connectivity index (χ1v) is 9.72. The Morgan fingerprint density at radius 2 is 1.87 bits per heavy atom. The van der Waals surface area contributed by atoms with Crippen LogP contribution in [0.25, 0.3) is 0 Å². The van der Waals surface area contributed by atoms with E-state index in [1.165, 1.54) is 43.9 Å². The largest absolute Gasteiger partial charge is 0.276 e. The van der Waals surface area contributed by atoms with Crippen LogP contribution < -0.4 is 4.72 Å². The van der Waals surface area contributed by atoms with Crippen LogP contribution in [0.4, 0.5) is 5.69 Å². The molecule has 1 N–H and O–H groups in total. The Morgan fingerprint density at radius 3 is 2.48 bits per heavy atom. The smallest absolute Gasteiger partial charge is 0.261 e. The highest BCUT2D eigenvalue weighted by atomic mass is 32.2. The summed E-state index contributed by atoms with van der Waals surface area (Å²) in [5.74, 6) is 0.580. The topological polar surface area (TPSA) is 64.0 Å². The Bertz CT molecular complexity index is 744. The molecule has 1 aliphatic rings. The maximum atomic E-state index is 12.4. The van der Waals surface area contributed by atoms with Crippen LogP contribution in [0.1, 0.15) is 50.5 Å². The summed E-state index contributed by atoms with van der Waals surface area (Å²) in [6, 6.07) is 7.33. The van der Waals surface area contributed by atoms with Crippen molar-refractivity contribution in [1.29, 1.82) is 0 Å². The fourth-order valence-corrected chi connectivity index (χ4v) is 4.19. The highest BCUT2D eigenvalue weighted by Gasteiger charge is 2.18. The average molecular weight is 333 g/mol. The minimum atomic E-state index is -3.56. The average Bonchev–Trinajstić information content (AvgIpc) is 3.03. The summed E-state index contributed by atoms with van der Waals surface area (Å²) in [4.78, 5) is 0.293. The molecule has 23 heavy (non-hydrogen) atoms. The summed E-state index contributed by atoms with van der Waals surface area (Å²) in [5, 5.41) is 4.08. The lowest BCUT2D eigenvalue weighted by Gasteiger charge is -2.22. The standard InChI is InChI=1S/C17H23N3O2S/c1-2-20-13-16(12-18-20)19-23(21,22)17-10-8-15(9-11-17)14-6-4-3-5-7-14/h8-14,19H,2-7H2,1H3. The molecule has 5 nitrogen and oxygen atoms in total. The third-order valence-electron chi connectivity index (χ3n) is 4.48. The Kier molecular flexibility index (Phi) is 4.71. The Morgan fingerprint density at radius 1 is 1.17 bits per heavy atom. The monoisotopic (exact) mass is 333 g/mol. The van der Waals surface area contributed by atoms with Crippen molar-refractivity contribution in [3.63, 3.8) is 0 Å². The lowest BCUT2D eigenvalue weighted by molar-refractivity contribution is 0.443. The van der Waals surface area contributed by atoms with E-state index in [-0.39, 0.29) is 0 Å². The van der Waals surface area contributed by atoms with E-state index in [0.29, 0.717) is 23.0 Å². The highest BCUT2D eigenvalue weighted by molar-refractivity contribution is 7.92. The Hall–Kier alpha value is -1.82. The molecule has 0 aliphatic heterocycles. The van der Waals surface area contributed by atoms with Crippen LogP contribution in [0.2, 0.25) is 0 Å². The van der Waals surface area contributed by atoms with Crippen LogP contribution >= 0.6 is 0 Å². The molecule has 6 heteroatoms. The Balaban J connectivity index is 1.74. The molecule has 1 aromatic carbocycles. The van der Waals surface area contributed by atoms with Crippen LogP contribution in [-0.2, 0) is 16.6 Å². The summed E-state index contributed by atoms with van der Waals surface area (Å²) in [5.41, 5.74) is 1.74. The van der Waals surface area contributed by atoms with Gasteiger partial charge in [0.2, 0.25) is 0 Å². The predicted molar refractivity (Wildman–Crippen MR) is 91.0 cm³/mol. The zero-order chi connectivity index (χ0) is 16.3. The van der Waals surface area contributed by atoms with Gasteiger partial charge in [0.05, 0.1) is 16.8 Å². The number of hydrogen-bond donors (Lipinski definition) is 1. The van der Waals surface area contributed by atoms with E-state index >= 15 is 0 Å². The molecule has 0 unspecified atom stereocenters. The normalized spacial score (nSPS) is 16.4. The SMILES string of the molecule is CCn1cc(NS(=O)(=O)c2ccc(C3CCCCC3)cc2)cn1. The molecular formula is C17H23N3O2S. The number of anilines is 1. The summed E-state index contributed by atoms with van der Waals surface area (Å²) >= 11 is 0. The van der Waals surface area contributed by atoms with Gasteiger partial charge in [-0.3, -0.25) is 9.40 Å². The second kappa shape index (κ2) is 6.74. The van der Waals surface area contributed by atoms with E-state index in [9.17, 15) is 8.42 Å². The van der Waals surface area contributed by atoms with E-state index in [4.69, 9.17) is 0 Å². The number of rotatable bonds is 5. The summed E-state index contributed by atoms with van der Waals surface area (Å²) in [7, 11) is -3.56. The van der Waals surface area contributed by atoms with Crippen molar-refractivity contribution in [2.24, 2.45) is 0 Å². The first-order chi connectivity index (χ1) is 11.1. The van der Waals surface area contributed by atoms with Crippen LogP contribution in [0.3, 0.4) is 0 Å². The van der Waals surface area contributed by atoms with Crippen molar-refractivity contribution >= 4 is 15.7 Å². The first kappa shape index (κ1) is 16.1. The number of aromatic nitrogens is 2. The van der Waals surface area contributed by atoms with Crippen molar-refractivity contribution < 1.29 is 8.42 Å². The number of aryl methyl sites for hydroxylation is 1. The molecule has 0 atom stereocenters. The molecular weight excluding hydrogens is 310 g/mol. The van der Waals surface area contributed by atoms with Gasteiger partial charge in [0.25, 0.3) is 10.0 Å². The van der Waals surface area contributed by atoms with Gasteiger partial charge in [0, 0.05) is 12.7 Å². The van der Waals surface area contributed by atoms with Crippen molar-refractivity contribution in [3.8, 4) is 0 Å². The molecule has 1 aromatic heterocycles. The summed E-state index contributed by atoms with van der Waals surface area (Å²) < 4.78 is 29.1. The molecule has 2 aromatic rings.